The maximum atomic E-state index is 11.2. The van der Waals surface area contributed by atoms with Gasteiger partial charge in [-0.15, -0.1) is 0 Å². The Hall–Kier alpha value is -1.95. The summed E-state index contributed by atoms with van der Waals surface area (Å²) in [4.78, 5) is 23.8. The number of nitro benzene ring substituents is 1. The number of carboxylic acid groups (broad SMARTS) is 1. The molecule has 0 aromatic heterocycles. The van der Waals surface area contributed by atoms with Crippen LogP contribution in [-0.4, -0.2) is 39.5 Å². The predicted molar refractivity (Wildman–Crippen MR) is 76.1 cm³/mol. The molecular formula is C15H18N2O4. The molecule has 0 amide bonds. The summed E-state index contributed by atoms with van der Waals surface area (Å²) in [6.07, 6.45) is 3.63. The SMILES string of the molecule is O=C(O)C1CC2CCC1N2CCc1ccc([N+](=O)[O-])cc1. The standard InChI is InChI=1S/C15H18N2O4/c18-15(19)13-9-12-5-6-14(13)16(12)8-7-10-1-3-11(4-2-10)17(20)21/h1-4,12-14H,5-9H2,(H,18,19). The summed E-state index contributed by atoms with van der Waals surface area (Å²) in [6.45, 7) is 0.830. The first kappa shape index (κ1) is 14.0. The molecule has 0 saturated carbocycles. The molecule has 2 aliphatic rings. The molecule has 6 nitrogen and oxygen atoms in total. The van der Waals surface area contributed by atoms with Crippen LogP contribution in [0.5, 0.6) is 0 Å². The smallest absolute Gasteiger partial charge is 0.308 e. The van der Waals surface area contributed by atoms with Crippen molar-refractivity contribution in [1.29, 1.82) is 0 Å². The zero-order valence-electron chi connectivity index (χ0n) is 11.6. The second kappa shape index (κ2) is 5.44. The molecule has 2 heterocycles. The zero-order valence-corrected chi connectivity index (χ0v) is 11.6. The number of carbonyl (C=O) groups is 1. The number of nitro groups is 1. The molecule has 0 spiro atoms. The number of hydrogen-bond donors (Lipinski definition) is 1. The fourth-order valence-electron chi connectivity index (χ4n) is 3.76. The van der Waals surface area contributed by atoms with Crippen molar-refractivity contribution in [3.8, 4) is 0 Å². The molecule has 21 heavy (non-hydrogen) atoms. The normalized spacial score (nSPS) is 27.9. The summed E-state index contributed by atoms with van der Waals surface area (Å²) in [5, 5.41) is 19.8. The first-order chi connectivity index (χ1) is 10.1. The number of aliphatic carboxylic acids is 1. The number of nitrogens with zero attached hydrogens (tertiary/aromatic N) is 2. The fraction of sp³-hybridized carbons (Fsp3) is 0.533. The Balaban J connectivity index is 1.61. The lowest BCUT2D eigenvalue weighted by Gasteiger charge is -2.22. The summed E-state index contributed by atoms with van der Waals surface area (Å²) >= 11 is 0. The highest BCUT2D eigenvalue weighted by atomic mass is 16.6. The molecule has 3 rings (SSSR count). The van der Waals surface area contributed by atoms with Gasteiger partial charge in [-0.2, -0.15) is 0 Å². The molecule has 1 aromatic rings. The van der Waals surface area contributed by atoms with Gasteiger partial charge < -0.3 is 5.11 Å². The molecule has 2 bridgehead atoms. The minimum Gasteiger partial charge on any atom is -0.481 e. The maximum Gasteiger partial charge on any atom is 0.308 e. The summed E-state index contributed by atoms with van der Waals surface area (Å²) in [6, 6.07) is 7.18. The second-order valence-corrected chi connectivity index (χ2v) is 5.89. The molecule has 3 unspecified atom stereocenters. The summed E-state index contributed by atoms with van der Waals surface area (Å²) < 4.78 is 0. The van der Waals surface area contributed by atoms with Crippen molar-refractivity contribution in [2.24, 2.45) is 5.92 Å². The van der Waals surface area contributed by atoms with E-state index in [9.17, 15) is 20.0 Å². The van der Waals surface area contributed by atoms with Crippen LogP contribution in [-0.2, 0) is 11.2 Å². The second-order valence-electron chi connectivity index (χ2n) is 5.89. The molecule has 2 saturated heterocycles. The minimum atomic E-state index is -0.678. The van der Waals surface area contributed by atoms with Crippen LogP contribution in [0.3, 0.4) is 0 Å². The lowest BCUT2D eigenvalue weighted by atomic mass is 9.89. The molecule has 3 atom stereocenters. The van der Waals surface area contributed by atoms with Gasteiger partial charge in [0.1, 0.15) is 0 Å². The number of hydrogen-bond acceptors (Lipinski definition) is 4. The fourth-order valence-corrected chi connectivity index (χ4v) is 3.76. The van der Waals surface area contributed by atoms with Crippen LogP contribution in [0.25, 0.3) is 0 Å². The Kier molecular flexibility index (Phi) is 3.63. The van der Waals surface area contributed by atoms with Gasteiger partial charge in [-0.3, -0.25) is 19.8 Å². The van der Waals surface area contributed by atoms with Crippen molar-refractivity contribution in [2.45, 2.75) is 37.8 Å². The number of non-ortho nitro benzene ring substituents is 1. The number of benzene rings is 1. The van der Waals surface area contributed by atoms with Gasteiger partial charge >= 0.3 is 5.97 Å². The van der Waals surface area contributed by atoms with E-state index in [1.165, 1.54) is 12.1 Å². The first-order valence-corrected chi connectivity index (χ1v) is 7.28. The average Bonchev–Trinajstić information content (AvgIpc) is 3.02. The third kappa shape index (κ3) is 2.63. The highest BCUT2D eigenvalue weighted by Crippen LogP contribution is 2.41. The van der Waals surface area contributed by atoms with Crippen LogP contribution in [0, 0.1) is 16.0 Å². The van der Waals surface area contributed by atoms with Gasteiger partial charge in [0.25, 0.3) is 5.69 Å². The summed E-state index contributed by atoms with van der Waals surface area (Å²) in [5.74, 6) is -0.900. The molecular weight excluding hydrogens is 272 g/mol. The molecule has 1 N–H and O–H groups in total. The number of fused-ring (bicyclic) bond motifs is 2. The van der Waals surface area contributed by atoms with Gasteiger partial charge in [-0.1, -0.05) is 12.1 Å². The van der Waals surface area contributed by atoms with Gasteiger partial charge in [-0.25, -0.2) is 0 Å². The van der Waals surface area contributed by atoms with Gasteiger partial charge in [0, 0.05) is 30.8 Å². The van der Waals surface area contributed by atoms with Crippen molar-refractivity contribution in [1.82, 2.24) is 4.90 Å². The molecule has 1 aromatic carbocycles. The van der Waals surface area contributed by atoms with Crippen molar-refractivity contribution in [2.75, 3.05) is 6.54 Å². The highest BCUT2D eigenvalue weighted by Gasteiger charge is 2.48. The van der Waals surface area contributed by atoms with Gasteiger partial charge in [0.2, 0.25) is 0 Å². The molecule has 0 radical (unpaired) electrons. The van der Waals surface area contributed by atoms with Crippen molar-refractivity contribution in [3.05, 3.63) is 39.9 Å². The lowest BCUT2D eigenvalue weighted by molar-refractivity contribution is -0.384. The van der Waals surface area contributed by atoms with Gasteiger partial charge in [0.05, 0.1) is 10.8 Å². The molecule has 2 fully saturated rings. The third-order valence-corrected chi connectivity index (χ3v) is 4.80. The van der Waals surface area contributed by atoms with E-state index in [0.717, 1.165) is 37.8 Å². The van der Waals surface area contributed by atoms with Crippen LogP contribution in [0.4, 0.5) is 5.69 Å². The maximum absolute atomic E-state index is 11.2. The van der Waals surface area contributed by atoms with Crippen LogP contribution in [0.2, 0.25) is 0 Å². The van der Waals surface area contributed by atoms with E-state index < -0.39 is 10.9 Å². The van der Waals surface area contributed by atoms with E-state index in [2.05, 4.69) is 4.90 Å². The Morgan fingerprint density at radius 1 is 1.33 bits per heavy atom. The molecule has 0 aliphatic carbocycles. The lowest BCUT2D eigenvalue weighted by Crippen LogP contribution is -2.34. The topological polar surface area (TPSA) is 83.7 Å². The van der Waals surface area contributed by atoms with Crippen molar-refractivity contribution >= 4 is 11.7 Å². The van der Waals surface area contributed by atoms with E-state index in [1.54, 1.807) is 12.1 Å². The number of carboxylic acids is 1. The van der Waals surface area contributed by atoms with E-state index in [-0.39, 0.29) is 17.6 Å². The van der Waals surface area contributed by atoms with Crippen LogP contribution in [0.1, 0.15) is 24.8 Å². The Morgan fingerprint density at radius 2 is 2.05 bits per heavy atom. The average molecular weight is 290 g/mol. The van der Waals surface area contributed by atoms with Crippen LogP contribution >= 0.6 is 0 Å². The van der Waals surface area contributed by atoms with E-state index in [4.69, 9.17) is 0 Å². The first-order valence-electron chi connectivity index (χ1n) is 7.28. The van der Waals surface area contributed by atoms with Crippen molar-refractivity contribution in [3.63, 3.8) is 0 Å². The Labute approximate surface area is 122 Å². The Morgan fingerprint density at radius 3 is 2.62 bits per heavy atom. The largest absolute Gasteiger partial charge is 0.481 e. The molecule has 6 heteroatoms. The minimum absolute atomic E-state index is 0.103. The van der Waals surface area contributed by atoms with E-state index in [0.29, 0.717) is 6.04 Å². The molecule has 2 aliphatic heterocycles. The predicted octanol–water partition coefficient (Wildman–Crippen LogP) is 2.07. The Bertz CT molecular complexity index is 557. The monoisotopic (exact) mass is 290 g/mol. The van der Waals surface area contributed by atoms with Crippen LogP contribution in [0.15, 0.2) is 24.3 Å². The third-order valence-electron chi connectivity index (χ3n) is 4.80. The van der Waals surface area contributed by atoms with Crippen molar-refractivity contribution < 1.29 is 14.8 Å². The summed E-state index contributed by atoms with van der Waals surface area (Å²) in [5.41, 5.74) is 1.16. The summed E-state index contributed by atoms with van der Waals surface area (Å²) in [7, 11) is 0. The molecule has 112 valence electrons. The highest BCUT2D eigenvalue weighted by molar-refractivity contribution is 5.71. The quantitative estimate of drug-likeness (QED) is 0.663. The van der Waals surface area contributed by atoms with E-state index >= 15 is 0 Å². The van der Waals surface area contributed by atoms with Crippen LogP contribution < -0.4 is 0 Å². The van der Waals surface area contributed by atoms with E-state index in [1.807, 2.05) is 0 Å². The van der Waals surface area contributed by atoms with Gasteiger partial charge in [-0.05, 0) is 31.2 Å². The van der Waals surface area contributed by atoms with Gasteiger partial charge in [0.15, 0.2) is 0 Å². The zero-order chi connectivity index (χ0) is 15.0. The number of rotatable bonds is 5.